The number of carbonyl (C=O) groups excluding carboxylic acids is 1. The molecule has 3 rings (SSSR count). The van der Waals surface area contributed by atoms with E-state index in [0.717, 1.165) is 25.3 Å². The van der Waals surface area contributed by atoms with E-state index in [1.807, 2.05) is 6.07 Å². The minimum absolute atomic E-state index is 0.128. The van der Waals surface area contributed by atoms with Crippen molar-refractivity contribution in [1.29, 1.82) is 0 Å². The predicted molar refractivity (Wildman–Crippen MR) is 103 cm³/mol. The van der Waals surface area contributed by atoms with Crippen LogP contribution in [0.3, 0.4) is 0 Å². The molecule has 132 valence electrons. The summed E-state index contributed by atoms with van der Waals surface area (Å²) in [5.41, 5.74) is 0.747. The molecule has 3 aromatic rings. The van der Waals surface area contributed by atoms with Gasteiger partial charge in [-0.05, 0) is 46.3 Å². The third kappa shape index (κ3) is 4.38. The minimum Gasteiger partial charge on any atom is -0.497 e. The van der Waals surface area contributed by atoms with Gasteiger partial charge in [0.15, 0.2) is 15.0 Å². The first-order chi connectivity index (χ1) is 11.9. The Hall–Kier alpha value is -1.49. The van der Waals surface area contributed by atoms with Crippen molar-refractivity contribution in [2.24, 2.45) is 0 Å². The lowest BCUT2D eigenvalue weighted by Crippen LogP contribution is -2.16. The summed E-state index contributed by atoms with van der Waals surface area (Å²) < 4.78 is 31.4. The fraction of sp³-hybridized carbons (Fsp3) is 0.200. The summed E-state index contributed by atoms with van der Waals surface area (Å²) in [6, 6.07) is 8.64. The van der Waals surface area contributed by atoms with E-state index in [9.17, 15) is 13.2 Å². The molecule has 0 saturated carbocycles. The average molecular weight is 461 g/mol. The van der Waals surface area contributed by atoms with E-state index in [1.165, 1.54) is 17.4 Å². The van der Waals surface area contributed by atoms with E-state index < -0.39 is 9.84 Å². The lowest BCUT2D eigenvalue weighted by atomic mass is 10.3. The second kappa shape index (κ2) is 7.40. The first kappa shape index (κ1) is 18.3. The molecule has 0 radical (unpaired) electrons. The molecular weight excluding hydrogens is 448 g/mol. The first-order valence-corrected chi connectivity index (χ1v) is 11.2. The van der Waals surface area contributed by atoms with Gasteiger partial charge in [-0.1, -0.05) is 11.3 Å². The van der Waals surface area contributed by atoms with Crippen molar-refractivity contribution in [3.05, 3.63) is 34.1 Å². The van der Waals surface area contributed by atoms with E-state index in [0.29, 0.717) is 10.9 Å². The second-order valence-electron chi connectivity index (χ2n) is 5.03. The van der Waals surface area contributed by atoms with Gasteiger partial charge in [-0.25, -0.2) is 13.4 Å². The van der Waals surface area contributed by atoms with Crippen molar-refractivity contribution in [3.63, 3.8) is 0 Å². The highest BCUT2D eigenvalue weighted by Crippen LogP contribution is 2.30. The number of thiophene rings is 1. The van der Waals surface area contributed by atoms with Crippen LogP contribution < -0.4 is 10.1 Å². The fourth-order valence-electron chi connectivity index (χ4n) is 2.06. The zero-order valence-electron chi connectivity index (χ0n) is 13.0. The maximum Gasteiger partial charge on any atom is 0.227 e. The molecule has 1 N–H and O–H groups in total. The molecule has 0 bridgehead atoms. The zero-order chi connectivity index (χ0) is 18.0. The molecule has 2 heterocycles. The van der Waals surface area contributed by atoms with Crippen LogP contribution in [0.4, 0.5) is 5.13 Å². The molecule has 0 spiro atoms. The lowest BCUT2D eigenvalue weighted by Gasteiger charge is -2.02. The molecule has 0 aliphatic heterocycles. The highest BCUT2D eigenvalue weighted by molar-refractivity contribution is 9.11. The van der Waals surface area contributed by atoms with Crippen LogP contribution in [0.5, 0.6) is 5.75 Å². The number of thiazole rings is 1. The van der Waals surface area contributed by atoms with Gasteiger partial charge in [0.1, 0.15) is 9.96 Å². The van der Waals surface area contributed by atoms with Gasteiger partial charge >= 0.3 is 0 Å². The van der Waals surface area contributed by atoms with Crippen LogP contribution in [0.25, 0.3) is 10.2 Å². The number of nitrogens with one attached hydrogen (secondary N) is 1. The summed E-state index contributed by atoms with van der Waals surface area (Å²) in [5, 5.41) is 3.09. The topological polar surface area (TPSA) is 85.4 Å². The van der Waals surface area contributed by atoms with Crippen molar-refractivity contribution >= 4 is 69.7 Å². The Balaban J connectivity index is 1.64. The smallest absolute Gasteiger partial charge is 0.227 e. The summed E-state index contributed by atoms with van der Waals surface area (Å²) in [6.07, 6.45) is -0.128. The molecular formula is C15H13BrN2O4S3. The number of aromatic nitrogens is 1. The number of sulfone groups is 1. The second-order valence-corrected chi connectivity index (χ2v) is 10.9. The molecule has 2 aromatic heterocycles. The highest BCUT2D eigenvalue weighted by atomic mass is 79.9. The van der Waals surface area contributed by atoms with Gasteiger partial charge in [-0.15, -0.1) is 11.3 Å². The molecule has 1 amide bonds. The van der Waals surface area contributed by atoms with Gasteiger partial charge in [0.05, 0.1) is 26.9 Å². The Kier molecular flexibility index (Phi) is 5.42. The van der Waals surface area contributed by atoms with Gasteiger partial charge in [-0.2, -0.15) is 0 Å². The van der Waals surface area contributed by atoms with Crippen LogP contribution >= 0.6 is 38.6 Å². The number of hydrogen-bond acceptors (Lipinski definition) is 7. The van der Waals surface area contributed by atoms with Crippen molar-refractivity contribution in [3.8, 4) is 5.75 Å². The van der Waals surface area contributed by atoms with Crippen LogP contribution in [0, 0.1) is 0 Å². The molecule has 0 fully saturated rings. The predicted octanol–water partition coefficient (Wildman–Crippen LogP) is 3.93. The van der Waals surface area contributed by atoms with Gasteiger partial charge in [0, 0.05) is 6.42 Å². The zero-order valence-corrected chi connectivity index (χ0v) is 17.0. The van der Waals surface area contributed by atoms with Crippen LogP contribution in [0.2, 0.25) is 0 Å². The summed E-state index contributed by atoms with van der Waals surface area (Å²) in [7, 11) is -1.89. The number of rotatable bonds is 6. The Morgan fingerprint density at radius 3 is 2.76 bits per heavy atom. The summed E-state index contributed by atoms with van der Waals surface area (Å²) in [4.78, 5) is 16.4. The number of ether oxygens (including phenoxy) is 1. The number of nitrogens with zero attached hydrogens (tertiary/aromatic N) is 1. The summed E-state index contributed by atoms with van der Waals surface area (Å²) in [5.74, 6) is 0.0808. The highest BCUT2D eigenvalue weighted by Gasteiger charge is 2.19. The van der Waals surface area contributed by atoms with Gasteiger partial charge in [-0.3, -0.25) is 4.79 Å². The van der Waals surface area contributed by atoms with Crippen LogP contribution in [-0.4, -0.2) is 32.2 Å². The van der Waals surface area contributed by atoms with Crippen LogP contribution in [0.15, 0.2) is 38.3 Å². The quantitative estimate of drug-likeness (QED) is 0.601. The third-order valence-corrected chi connectivity index (χ3v) is 8.15. The first-order valence-electron chi connectivity index (χ1n) is 7.10. The number of halogens is 1. The molecule has 1 aromatic carbocycles. The van der Waals surface area contributed by atoms with Crippen molar-refractivity contribution in [1.82, 2.24) is 4.98 Å². The Morgan fingerprint density at radius 2 is 2.08 bits per heavy atom. The van der Waals surface area contributed by atoms with E-state index >= 15 is 0 Å². The molecule has 0 aliphatic rings. The molecule has 6 nitrogen and oxygen atoms in total. The van der Waals surface area contributed by atoms with Gasteiger partial charge in [0.2, 0.25) is 5.91 Å². The molecule has 0 unspecified atom stereocenters. The fourth-order valence-corrected chi connectivity index (χ4v) is 6.37. The van der Waals surface area contributed by atoms with Crippen molar-refractivity contribution in [2.45, 2.75) is 10.6 Å². The Morgan fingerprint density at radius 1 is 1.28 bits per heavy atom. The molecule has 10 heteroatoms. The monoisotopic (exact) mass is 460 g/mol. The Bertz CT molecular complexity index is 1030. The van der Waals surface area contributed by atoms with Gasteiger partial charge < -0.3 is 10.1 Å². The lowest BCUT2D eigenvalue weighted by molar-refractivity contribution is -0.115. The number of amides is 1. The number of anilines is 1. The number of fused-ring (bicyclic) bond motifs is 1. The molecule has 25 heavy (non-hydrogen) atoms. The minimum atomic E-state index is -3.47. The van der Waals surface area contributed by atoms with E-state index in [2.05, 4.69) is 26.2 Å². The number of methoxy groups -OCH3 is 1. The molecule has 0 atom stereocenters. The maximum atomic E-state index is 12.2. The van der Waals surface area contributed by atoms with Crippen molar-refractivity contribution < 1.29 is 17.9 Å². The standard InChI is InChI=1S/C15H13BrN2O4S3/c1-22-9-2-3-10-11(8-9)23-15(17-10)18-13(19)6-7-25(20,21)14-5-4-12(16)24-14/h2-5,8H,6-7H2,1H3,(H,17,18,19). The molecule has 0 saturated heterocycles. The average Bonchev–Trinajstić information content (AvgIpc) is 3.18. The SMILES string of the molecule is COc1ccc2nc(NC(=O)CCS(=O)(=O)c3ccc(Br)s3)sc2c1. The summed E-state index contributed by atoms with van der Waals surface area (Å²) >= 11 is 5.68. The third-order valence-electron chi connectivity index (χ3n) is 3.29. The number of benzene rings is 1. The van der Waals surface area contributed by atoms with E-state index in [1.54, 1.807) is 25.3 Å². The Labute approximate surface area is 160 Å². The largest absolute Gasteiger partial charge is 0.497 e. The number of hydrogen-bond donors (Lipinski definition) is 1. The van der Waals surface area contributed by atoms with E-state index in [-0.39, 0.29) is 22.3 Å². The molecule has 0 aliphatic carbocycles. The normalized spacial score (nSPS) is 11.6. The van der Waals surface area contributed by atoms with Crippen LogP contribution in [-0.2, 0) is 14.6 Å². The van der Waals surface area contributed by atoms with Gasteiger partial charge in [0.25, 0.3) is 0 Å². The number of carbonyl (C=O) groups is 1. The maximum absolute atomic E-state index is 12.2. The van der Waals surface area contributed by atoms with Crippen LogP contribution in [0.1, 0.15) is 6.42 Å². The van der Waals surface area contributed by atoms with Crippen molar-refractivity contribution in [2.75, 3.05) is 18.2 Å². The van der Waals surface area contributed by atoms with E-state index in [4.69, 9.17) is 4.74 Å². The summed E-state index contributed by atoms with van der Waals surface area (Å²) in [6.45, 7) is 0.